The SMILES string of the molecule is N#Cc1cn(-c2ccc(C(=O)O)cc2)cc1-c1ccc(O)cc1. The number of aromatic nitrogens is 1. The zero-order chi connectivity index (χ0) is 16.4. The number of phenols is 1. The standard InChI is InChI=1S/C18H12N2O3/c19-9-14-10-20(15-5-1-13(2-6-15)18(22)23)11-17(14)12-3-7-16(21)8-4-12/h1-8,10-11,21H,(H,22,23). The minimum atomic E-state index is -0.980. The summed E-state index contributed by atoms with van der Waals surface area (Å²) in [5, 5.41) is 27.6. The van der Waals surface area contributed by atoms with Crippen LogP contribution in [0.4, 0.5) is 0 Å². The number of carboxylic acid groups (broad SMARTS) is 1. The number of nitrogens with zero attached hydrogens (tertiary/aromatic N) is 2. The first-order valence-electron chi connectivity index (χ1n) is 6.84. The molecule has 1 heterocycles. The maximum absolute atomic E-state index is 10.9. The van der Waals surface area contributed by atoms with E-state index in [2.05, 4.69) is 6.07 Å². The Morgan fingerprint density at radius 3 is 2.22 bits per heavy atom. The summed E-state index contributed by atoms with van der Waals surface area (Å²) in [7, 11) is 0. The first kappa shape index (κ1) is 14.4. The molecule has 0 atom stereocenters. The fourth-order valence-corrected chi connectivity index (χ4v) is 2.34. The Morgan fingerprint density at radius 2 is 1.65 bits per heavy atom. The minimum absolute atomic E-state index is 0.163. The fourth-order valence-electron chi connectivity index (χ4n) is 2.34. The zero-order valence-electron chi connectivity index (χ0n) is 12.0. The molecule has 0 fully saturated rings. The van der Waals surface area contributed by atoms with E-state index in [1.807, 2.05) is 0 Å². The van der Waals surface area contributed by atoms with Crippen molar-refractivity contribution in [3.8, 4) is 28.6 Å². The van der Waals surface area contributed by atoms with E-state index in [4.69, 9.17) is 5.11 Å². The highest BCUT2D eigenvalue weighted by Gasteiger charge is 2.10. The molecule has 0 saturated heterocycles. The summed E-state index contributed by atoms with van der Waals surface area (Å²) >= 11 is 0. The highest BCUT2D eigenvalue weighted by Crippen LogP contribution is 2.27. The number of aromatic hydroxyl groups is 1. The molecule has 0 aliphatic heterocycles. The average molecular weight is 304 g/mol. The van der Waals surface area contributed by atoms with Crippen LogP contribution in [0, 0.1) is 11.3 Å². The molecule has 3 rings (SSSR count). The highest BCUT2D eigenvalue weighted by molar-refractivity contribution is 5.87. The molecule has 23 heavy (non-hydrogen) atoms. The molecule has 112 valence electrons. The molecule has 1 aromatic heterocycles. The topological polar surface area (TPSA) is 86.2 Å². The van der Waals surface area contributed by atoms with E-state index in [1.54, 1.807) is 53.4 Å². The maximum Gasteiger partial charge on any atom is 0.335 e. The third kappa shape index (κ3) is 2.78. The van der Waals surface area contributed by atoms with Crippen molar-refractivity contribution in [2.45, 2.75) is 0 Å². The molecule has 5 nitrogen and oxygen atoms in total. The zero-order valence-corrected chi connectivity index (χ0v) is 12.0. The van der Waals surface area contributed by atoms with Crippen molar-refractivity contribution in [1.29, 1.82) is 5.26 Å². The largest absolute Gasteiger partial charge is 0.508 e. The van der Waals surface area contributed by atoms with Crippen LogP contribution in [-0.4, -0.2) is 20.7 Å². The number of nitriles is 1. The van der Waals surface area contributed by atoms with Crippen LogP contribution in [0.2, 0.25) is 0 Å². The van der Waals surface area contributed by atoms with Crippen molar-refractivity contribution in [1.82, 2.24) is 4.57 Å². The first-order valence-corrected chi connectivity index (χ1v) is 6.84. The van der Waals surface area contributed by atoms with E-state index in [0.717, 1.165) is 16.8 Å². The molecule has 0 spiro atoms. The van der Waals surface area contributed by atoms with Gasteiger partial charge in [-0.3, -0.25) is 0 Å². The summed E-state index contributed by atoms with van der Waals surface area (Å²) in [5.41, 5.74) is 3.03. The number of benzene rings is 2. The second-order valence-electron chi connectivity index (χ2n) is 5.00. The molecule has 0 saturated carbocycles. The van der Waals surface area contributed by atoms with Gasteiger partial charge in [-0.15, -0.1) is 0 Å². The summed E-state index contributed by atoms with van der Waals surface area (Å²) in [4.78, 5) is 10.9. The van der Waals surface area contributed by atoms with Crippen LogP contribution < -0.4 is 0 Å². The van der Waals surface area contributed by atoms with Crippen LogP contribution in [0.5, 0.6) is 5.75 Å². The lowest BCUT2D eigenvalue weighted by molar-refractivity contribution is 0.0697. The van der Waals surface area contributed by atoms with Gasteiger partial charge in [0.15, 0.2) is 0 Å². The van der Waals surface area contributed by atoms with Gasteiger partial charge in [-0.1, -0.05) is 12.1 Å². The van der Waals surface area contributed by atoms with Crippen LogP contribution in [0.3, 0.4) is 0 Å². The number of rotatable bonds is 3. The Kier molecular flexibility index (Phi) is 3.57. The maximum atomic E-state index is 10.9. The highest BCUT2D eigenvalue weighted by atomic mass is 16.4. The van der Waals surface area contributed by atoms with Gasteiger partial charge in [-0.25, -0.2) is 4.79 Å². The quantitative estimate of drug-likeness (QED) is 0.776. The monoisotopic (exact) mass is 304 g/mol. The third-order valence-corrected chi connectivity index (χ3v) is 3.54. The van der Waals surface area contributed by atoms with E-state index in [-0.39, 0.29) is 11.3 Å². The molecule has 0 aliphatic rings. The smallest absolute Gasteiger partial charge is 0.335 e. The van der Waals surface area contributed by atoms with Gasteiger partial charge in [-0.2, -0.15) is 5.26 Å². The second kappa shape index (κ2) is 5.70. The molecule has 0 unspecified atom stereocenters. The van der Waals surface area contributed by atoms with Crippen molar-refractivity contribution in [2.24, 2.45) is 0 Å². The molecule has 2 N–H and O–H groups in total. The number of carbonyl (C=O) groups is 1. The van der Waals surface area contributed by atoms with Gasteiger partial charge < -0.3 is 14.8 Å². The predicted molar refractivity (Wildman–Crippen MR) is 84.5 cm³/mol. The summed E-state index contributed by atoms with van der Waals surface area (Å²) in [6.07, 6.45) is 3.50. The Labute approximate surface area is 132 Å². The molecule has 3 aromatic rings. The van der Waals surface area contributed by atoms with Crippen LogP contribution >= 0.6 is 0 Å². The number of phenolic OH excluding ortho intramolecular Hbond substituents is 1. The summed E-state index contributed by atoms with van der Waals surface area (Å²) in [5.74, 6) is -0.817. The normalized spacial score (nSPS) is 10.2. The van der Waals surface area contributed by atoms with Crippen LogP contribution in [0.1, 0.15) is 15.9 Å². The molecule has 0 amide bonds. The average Bonchev–Trinajstić information content (AvgIpc) is 3.00. The Balaban J connectivity index is 2.03. The molecule has 0 bridgehead atoms. The van der Waals surface area contributed by atoms with Crippen molar-refractivity contribution in [3.05, 3.63) is 72.1 Å². The number of hydrogen-bond acceptors (Lipinski definition) is 3. The lowest BCUT2D eigenvalue weighted by Crippen LogP contribution is -1.97. The van der Waals surface area contributed by atoms with Gasteiger partial charge in [-0.05, 0) is 42.0 Å². The van der Waals surface area contributed by atoms with E-state index < -0.39 is 5.97 Å². The molecule has 5 heteroatoms. The number of hydrogen-bond donors (Lipinski definition) is 2. The van der Waals surface area contributed by atoms with Gasteiger partial charge in [0.2, 0.25) is 0 Å². The predicted octanol–water partition coefficient (Wildman–Crippen LogP) is 3.42. The number of carboxylic acids is 1. The first-order chi connectivity index (χ1) is 11.1. The van der Waals surface area contributed by atoms with Crippen molar-refractivity contribution >= 4 is 5.97 Å². The van der Waals surface area contributed by atoms with Gasteiger partial charge in [0.05, 0.1) is 11.1 Å². The summed E-state index contributed by atoms with van der Waals surface area (Å²) < 4.78 is 1.77. The third-order valence-electron chi connectivity index (χ3n) is 3.54. The molecule has 2 aromatic carbocycles. The fraction of sp³-hybridized carbons (Fsp3) is 0. The van der Waals surface area contributed by atoms with Gasteiger partial charge in [0, 0.05) is 23.6 Å². The number of aromatic carboxylic acids is 1. The van der Waals surface area contributed by atoms with E-state index in [9.17, 15) is 15.2 Å². The summed E-state index contributed by atoms with van der Waals surface area (Å²) in [6.45, 7) is 0. The van der Waals surface area contributed by atoms with E-state index >= 15 is 0 Å². The van der Waals surface area contributed by atoms with E-state index in [0.29, 0.717) is 5.56 Å². The lowest BCUT2D eigenvalue weighted by atomic mass is 10.1. The van der Waals surface area contributed by atoms with Gasteiger partial charge in [0.1, 0.15) is 11.8 Å². The lowest BCUT2D eigenvalue weighted by Gasteiger charge is -2.03. The second-order valence-corrected chi connectivity index (χ2v) is 5.00. The molecule has 0 aliphatic carbocycles. The van der Waals surface area contributed by atoms with Crippen molar-refractivity contribution in [2.75, 3.05) is 0 Å². The Morgan fingerprint density at radius 1 is 1.00 bits per heavy atom. The Hall–Kier alpha value is -3.52. The van der Waals surface area contributed by atoms with Crippen molar-refractivity contribution < 1.29 is 15.0 Å². The van der Waals surface area contributed by atoms with Crippen LogP contribution in [-0.2, 0) is 0 Å². The van der Waals surface area contributed by atoms with E-state index in [1.165, 1.54) is 12.1 Å². The van der Waals surface area contributed by atoms with Crippen LogP contribution in [0.25, 0.3) is 16.8 Å². The van der Waals surface area contributed by atoms with Gasteiger partial charge >= 0.3 is 5.97 Å². The molecular formula is C18H12N2O3. The Bertz CT molecular complexity index is 901. The molecule has 0 radical (unpaired) electrons. The molecular weight excluding hydrogens is 292 g/mol. The van der Waals surface area contributed by atoms with Crippen LogP contribution in [0.15, 0.2) is 60.9 Å². The summed E-state index contributed by atoms with van der Waals surface area (Å²) in [6, 6.07) is 15.2. The minimum Gasteiger partial charge on any atom is -0.508 e. The van der Waals surface area contributed by atoms with Gasteiger partial charge in [0.25, 0.3) is 0 Å². The van der Waals surface area contributed by atoms with Crippen molar-refractivity contribution in [3.63, 3.8) is 0 Å².